The van der Waals surface area contributed by atoms with E-state index in [1.54, 1.807) is 14.2 Å². The van der Waals surface area contributed by atoms with Crippen LogP contribution in [0.4, 0.5) is 0 Å². The Morgan fingerprint density at radius 3 is 2.57 bits per heavy atom. The first-order valence-corrected chi connectivity index (χ1v) is 7.14. The van der Waals surface area contributed by atoms with Crippen LogP contribution < -0.4 is 14.8 Å². The molecule has 1 aromatic carbocycles. The van der Waals surface area contributed by atoms with Gasteiger partial charge in [-0.3, -0.25) is 0 Å². The van der Waals surface area contributed by atoms with Gasteiger partial charge in [-0.25, -0.2) is 4.98 Å². The summed E-state index contributed by atoms with van der Waals surface area (Å²) in [5, 5.41) is 3.53. The number of pyridine rings is 1. The monoisotopic (exact) mass is 286 g/mol. The molecule has 0 aliphatic heterocycles. The molecule has 0 bridgehead atoms. The summed E-state index contributed by atoms with van der Waals surface area (Å²) in [5.41, 5.74) is 2.13. The molecule has 21 heavy (non-hydrogen) atoms. The van der Waals surface area contributed by atoms with Crippen molar-refractivity contribution in [1.29, 1.82) is 0 Å². The number of benzene rings is 1. The van der Waals surface area contributed by atoms with Gasteiger partial charge in [-0.2, -0.15) is 0 Å². The number of ether oxygens (including phenoxy) is 2. The van der Waals surface area contributed by atoms with Gasteiger partial charge in [-0.05, 0) is 18.6 Å². The predicted octanol–water partition coefficient (Wildman–Crippen LogP) is 3.34. The Morgan fingerprint density at radius 2 is 1.86 bits per heavy atom. The van der Waals surface area contributed by atoms with Crippen LogP contribution in [0.25, 0.3) is 0 Å². The fourth-order valence-electron chi connectivity index (χ4n) is 2.33. The minimum absolute atomic E-state index is 0.231. The van der Waals surface area contributed by atoms with Gasteiger partial charge in [0.05, 0.1) is 19.9 Å². The molecule has 0 fully saturated rings. The fourth-order valence-corrected chi connectivity index (χ4v) is 2.33. The van der Waals surface area contributed by atoms with Gasteiger partial charge in [0.2, 0.25) is 5.88 Å². The minimum atomic E-state index is 0.231. The summed E-state index contributed by atoms with van der Waals surface area (Å²) in [6, 6.07) is 14.1. The summed E-state index contributed by atoms with van der Waals surface area (Å²) in [4.78, 5) is 4.42. The minimum Gasteiger partial charge on any atom is -0.496 e. The molecule has 0 saturated carbocycles. The summed E-state index contributed by atoms with van der Waals surface area (Å²) in [7, 11) is 3.33. The second-order valence-electron chi connectivity index (χ2n) is 4.75. The standard InChI is InChI=1S/C17H22N2O2/c1-4-15(14-9-5-6-10-16(14)20-2)18-12-13-8-7-11-17(19-13)21-3/h5-11,15,18H,4,12H2,1-3H3. The lowest BCUT2D eigenvalue weighted by molar-refractivity contribution is 0.390. The quantitative estimate of drug-likeness (QED) is 0.847. The molecule has 2 aromatic rings. The third-order valence-electron chi connectivity index (χ3n) is 3.44. The zero-order valence-electron chi connectivity index (χ0n) is 12.8. The molecule has 1 heterocycles. The number of methoxy groups -OCH3 is 2. The highest BCUT2D eigenvalue weighted by atomic mass is 16.5. The predicted molar refractivity (Wildman–Crippen MR) is 83.7 cm³/mol. The van der Waals surface area contributed by atoms with Crippen LogP contribution in [0.5, 0.6) is 11.6 Å². The lowest BCUT2D eigenvalue weighted by Gasteiger charge is -2.19. The molecule has 4 nitrogen and oxygen atoms in total. The Bertz CT molecular complexity index is 572. The maximum atomic E-state index is 5.44. The van der Waals surface area contributed by atoms with E-state index < -0.39 is 0 Å². The maximum Gasteiger partial charge on any atom is 0.213 e. The number of rotatable bonds is 7. The molecule has 0 amide bonds. The van der Waals surface area contributed by atoms with E-state index in [-0.39, 0.29) is 6.04 Å². The average molecular weight is 286 g/mol. The van der Waals surface area contributed by atoms with Crippen LogP contribution >= 0.6 is 0 Å². The molecule has 4 heteroatoms. The highest BCUT2D eigenvalue weighted by Gasteiger charge is 2.13. The summed E-state index contributed by atoms with van der Waals surface area (Å²) in [6.07, 6.45) is 0.977. The van der Waals surface area contributed by atoms with Crippen molar-refractivity contribution in [2.45, 2.75) is 25.9 Å². The van der Waals surface area contributed by atoms with Gasteiger partial charge in [-0.15, -0.1) is 0 Å². The van der Waals surface area contributed by atoms with Crippen molar-refractivity contribution in [3.63, 3.8) is 0 Å². The van der Waals surface area contributed by atoms with Crippen LogP contribution in [0.1, 0.15) is 30.6 Å². The lowest BCUT2D eigenvalue weighted by Crippen LogP contribution is -2.21. The van der Waals surface area contributed by atoms with Crippen LogP contribution in [-0.2, 0) is 6.54 Å². The topological polar surface area (TPSA) is 43.4 Å². The molecule has 112 valence electrons. The molecule has 0 radical (unpaired) electrons. The zero-order chi connectivity index (χ0) is 15.1. The molecule has 0 aliphatic carbocycles. The van der Waals surface area contributed by atoms with E-state index in [4.69, 9.17) is 9.47 Å². The molecule has 1 N–H and O–H groups in total. The van der Waals surface area contributed by atoms with Gasteiger partial charge >= 0.3 is 0 Å². The van der Waals surface area contributed by atoms with Crippen molar-refractivity contribution in [2.75, 3.05) is 14.2 Å². The molecule has 0 spiro atoms. The third kappa shape index (κ3) is 3.95. The van der Waals surface area contributed by atoms with E-state index in [2.05, 4.69) is 23.3 Å². The van der Waals surface area contributed by atoms with Crippen molar-refractivity contribution in [1.82, 2.24) is 10.3 Å². The molecular formula is C17H22N2O2. The lowest BCUT2D eigenvalue weighted by atomic mass is 10.0. The molecule has 0 aliphatic rings. The summed E-state index contributed by atoms with van der Waals surface area (Å²) >= 11 is 0. The Morgan fingerprint density at radius 1 is 1.05 bits per heavy atom. The van der Waals surface area contributed by atoms with E-state index in [0.717, 1.165) is 17.9 Å². The van der Waals surface area contributed by atoms with Crippen LogP contribution in [-0.4, -0.2) is 19.2 Å². The second kappa shape index (κ2) is 7.64. The van der Waals surface area contributed by atoms with Gasteiger partial charge in [0.25, 0.3) is 0 Å². The molecule has 1 aromatic heterocycles. The summed E-state index contributed by atoms with van der Waals surface area (Å²) < 4.78 is 10.6. The van der Waals surface area contributed by atoms with Gasteiger partial charge < -0.3 is 14.8 Å². The normalized spacial score (nSPS) is 12.0. The SMILES string of the molecule is CCC(NCc1cccc(OC)n1)c1ccccc1OC. The first-order chi connectivity index (χ1) is 10.3. The van der Waals surface area contributed by atoms with Gasteiger partial charge in [0, 0.05) is 24.2 Å². The largest absolute Gasteiger partial charge is 0.496 e. The average Bonchev–Trinajstić information content (AvgIpc) is 2.56. The van der Waals surface area contributed by atoms with E-state index in [1.807, 2.05) is 36.4 Å². The van der Waals surface area contributed by atoms with Crippen LogP contribution in [0.15, 0.2) is 42.5 Å². The van der Waals surface area contributed by atoms with Crippen molar-refractivity contribution in [3.05, 3.63) is 53.7 Å². The first-order valence-electron chi connectivity index (χ1n) is 7.14. The Hall–Kier alpha value is -2.07. The maximum absolute atomic E-state index is 5.44. The second-order valence-corrected chi connectivity index (χ2v) is 4.75. The highest BCUT2D eigenvalue weighted by molar-refractivity contribution is 5.35. The number of hydrogen-bond donors (Lipinski definition) is 1. The summed E-state index contributed by atoms with van der Waals surface area (Å²) in [6.45, 7) is 2.84. The number of nitrogens with zero attached hydrogens (tertiary/aromatic N) is 1. The van der Waals surface area contributed by atoms with E-state index in [0.29, 0.717) is 12.4 Å². The number of para-hydroxylation sites is 1. The highest BCUT2D eigenvalue weighted by Crippen LogP contribution is 2.27. The van der Waals surface area contributed by atoms with Crippen LogP contribution in [0, 0.1) is 0 Å². The van der Waals surface area contributed by atoms with Gasteiger partial charge in [-0.1, -0.05) is 31.2 Å². The molecule has 1 unspecified atom stereocenters. The van der Waals surface area contributed by atoms with Crippen molar-refractivity contribution >= 4 is 0 Å². The van der Waals surface area contributed by atoms with Crippen LogP contribution in [0.2, 0.25) is 0 Å². The molecule has 2 rings (SSSR count). The Labute approximate surface area is 126 Å². The first kappa shape index (κ1) is 15.3. The molecule has 0 saturated heterocycles. The Balaban J connectivity index is 2.08. The Kier molecular flexibility index (Phi) is 5.58. The summed E-state index contributed by atoms with van der Waals surface area (Å²) in [5.74, 6) is 1.55. The van der Waals surface area contributed by atoms with E-state index in [9.17, 15) is 0 Å². The van der Waals surface area contributed by atoms with Gasteiger partial charge in [0.1, 0.15) is 5.75 Å². The zero-order valence-corrected chi connectivity index (χ0v) is 12.8. The van der Waals surface area contributed by atoms with Gasteiger partial charge in [0.15, 0.2) is 0 Å². The van der Waals surface area contributed by atoms with Crippen molar-refractivity contribution < 1.29 is 9.47 Å². The van der Waals surface area contributed by atoms with E-state index in [1.165, 1.54) is 5.56 Å². The third-order valence-corrected chi connectivity index (χ3v) is 3.44. The van der Waals surface area contributed by atoms with Crippen LogP contribution in [0.3, 0.4) is 0 Å². The number of aromatic nitrogens is 1. The smallest absolute Gasteiger partial charge is 0.213 e. The molecular weight excluding hydrogens is 264 g/mol. The van der Waals surface area contributed by atoms with Crippen molar-refractivity contribution in [3.8, 4) is 11.6 Å². The number of nitrogens with one attached hydrogen (secondary N) is 1. The van der Waals surface area contributed by atoms with E-state index >= 15 is 0 Å². The number of hydrogen-bond acceptors (Lipinski definition) is 4. The van der Waals surface area contributed by atoms with Crippen molar-refractivity contribution in [2.24, 2.45) is 0 Å². The fraction of sp³-hybridized carbons (Fsp3) is 0.353. The molecule has 1 atom stereocenters.